The van der Waals surface area contributed by atoms with Gasteiger partial charge < -0.3 is 4.98 Å². The van der Waals surface area contributed by atoms with Crippen LogP contribution in [0.1, 0.15) is 26.8 Å². The van der Waals surface area contributed by atoms with Crippen molar-refractivity contribution in [1.82, 2.24) is 25.8 Å². The summed E-state index contributed by atoms with van der Waals surface area (Å²) >= 11 is 1.41. The van der Waals surface area contributed by atoms with Crippen LogP contribution >= 0.6 is 11.3 Å². The van der Waals surface area contributed by atoms with Crippen molar-refractivity contribution >= 4 is 44.3 Å². The number of nitrogens with one attached hydrogen (secondary N) is 3. The van der Waals surface area contributed by atoms with E-state index in [0.717, 1.165) is 15.8 Å². The Balaban J connectivity index is 1.43. The number of amides is 2. The molecule has 29 heavy (non-hydrogen) atoms. The first kappa shape index (κ1) is 18.8. The number of rotatable bonds is 3. The molecule has 1 aromatic carbocycles. The Labute approximate surface area is 169 Å². The van der Waals surface area contributed by atoms with Crippen LogP contribution in [0.5, 0.6) is 0 Å². The van der Waals surface area contributed by atoms with Gasteiger partial charge in [-0.2, -0.15) is 0 Å². The number of pyridine rings is 1. The zero-order valence-corrected chi connectivity index (χ0v) is 16.5. The standard InChI is InChI=1S/C20H17N5O3S/c1-10-11(2)29-20-17(10)19(28)22-15(23-20)9-16(26)24-25-18(27)14-8-7-12-5-3-4-6-13(12)21-14/h3-8H,9H2,1-2H3,(H,24,26)(H,25,27)(H,22,23,28). The number of carbonyl (C=O) groups excluding carboxylic acids is 2. The number of fused-ring (bicyclic) bond motifs is 2. The lowest BCUT2D eigenvalue weighted by Gasteiger charge is -2.07. The molecule has 9 heteroatoms. The molecule has 146 valence electrons. The SMILES string of the molecule is Cc1sc2nc(CC(=O)NNC(=O)c3ccc4ccccc4n3)[nH]c(=O)c2c1C. The molecule has 2 amide bonds. The Morgan fingerprint density at radius 1 is 1.07 bits per heavy atom. The van der Waals surface area contributed by atoms with Crippen molar-refractivity contribution in [1.29, 1.82) is 0 Å². The first-order valence-corrected chi connectivity index (χ1v) is 9.68. The molecule has 4 rings (SSSR count). The van der Waals surface area contributed by atoms with E-state index in [9.17, 15) is 14.4 Å². The number of hydrogen-bond donors (Lipinski definition) is 3. The third-order valence-electron chi connectivity index (χ3n) is 4.56. The van der Waals surface area contributed by atoms with Crippen LogP contribution in [0, 0.1) is 13.8 Å². The number of hydrazine groups is 1. The number of hydrogen-bond acceptors (Lipinski definition) is 6. The minimum atomic E-state index is -0.537. The molecule has 0 fully saturated rings. The fraction of sp³-hybridized carbons (Fsp3) is 0.150. The Morgan fingerprint density at radius 2 is 1.86 bits per heavy atom. The van der Waals surface area contributed by atoms with E-state index in [-0.39, 0.29) is 23.5 Å². The monoisotopic (exact) mass is 407 g/mol. The molecule has 0 bridgehead atoms. The Morgan fingerprint density at radius 3 is 2.69 bits per heavy atom. The van der Waals surface area contributed by atoms with Gasteiger partial charge in [-0.3, -0.25) is 25.2 Å². The van der Waals surface area contributed by atoms with Crippen LogP contribution in [-0.4, -0.2) is 26.8 Å². The molecule has 0 radical (unpaired) electrons. The third kappa shape index (κ3) is 3.72. The van der Waals surface area contributed by atoms with Crippen LogP contribution in [0.15, 0.2) is 41.2 Å². The largest absolute Gasteiger partial charge is 0.309 e. The molecule has 0 unspecified atom stereocenters. The minimum Gasteiger partial charge on any atom is -0.309 e. The maximum atomic E-state index is 12.3. The Bertz CT molecular complexity index is 1320. The van der Waals surface area contributed by atoms with E-state index in [4.69, 9.17) is 0 Å². The Kier molecular flexibility index (Phi) is 4.81. The minimum absolute atomic E-state index is 0.174. The fourth-order valence-corrected chi connectivity index (χ4v) is 4.01. The summed E-state index contributed by atoms with van der Waals surface area (Å²) < 4.78 is 0. The quantitative estimate of drug-likeness (QED) is 0.450. The molecule has 0 aliphatic heterocycles. The Hall–Kier alpha value is -3.59. The van der Waals surface area contributed by atoms with Crippen molar-refractivity contribution in [3.05, 3.63) is 68.7 Å². The molecular formula is C20H17N5O3S. The second-order valence-electron chi connectivity index (χ2n) is 6.54. The van der Waals surface area contributed by atoms with Crippen LogP contribution < -0.4 is 16.4 Å². The summed E-state index contributed by atoms with van der Waals surface area (Å²) in [5.74, 6) is -0.809. The fourth-order valence-electron chi connectivity index (χ4n) is 2.96. The molecular weight excluding hydrogens is 390 g/mol. The summed E-state index contributed by atoms with van der Waals surface area (Å²) in [4.78, 5) is 49.6. The number of H-pyrrole nitrogens is 1. The topological polar surface area (TPSA) is 117 Å². The van der Waals surface area contributed by atoms with E-state index >= 15 is 0 Å². The molecule has 4 aromatic rings. The zero-order valence-electron chi connectivity index (χ0n) is 15.7. The zero-order chi connectivity index (χ0) is 20.5. The summed E-state index contributed by atoms with van der Waals surface area (Å²) in [6.07, 6.45) is -0.174. The highest BCUT2D eigenvalue weighted by molar-refractivity contribution is 7.18. The van der Waals surface area contributed by atoms with Gasteiger partial charge in [-0.25, -0.2) is 9.97 Å². The number of aromatic amines is 1. The number of para-hydroxylation sites is 1. The lowest BCUT2D eigenvalue weighted by molar-refractivity contribution is -0.121. The van der Waals surface area contributed by atoms with Gasteiger partial charge in [0.05, 0.1) is 17.3 Å². The molecule has 0 aliphatic rings. The van der Waals surface area contributed by atoms with E-state index in [2.05, 4.69) is 25.8 Å². The number of thiophene rings is 1. The summed E-state index contributed by atoms with van der Waals surface area (Å²) in [6.45, 7) is 3.79. The summed E-state index contributed by atoms with van der Waals surface area (Å²) in [7, 11) is 0. The number of aromatic nitrogens is 3. The molecule has 0 atom stereocenters. The van der Waals surface area contributed by atoms with E-state index in [1.54, 1.807) is 18.2 Å². The van der Waals surface area contributed by atoms with Gasteiger partial charge in [0.1, 0.15) is 16.3 Å². The molecule has 3 aromatic heterocycles. The number of nitrogens with zero attached hydrogens (tertiary/aromatic N) is 2. The predicted octanol–water partition coefficient (Wildman–Crippen LogP) is 2.15. The smallest absolute Gasteiger partial charge is 0.288 e. The van der Waals surface area contributed by atoms with E-state index in [1.807, 2.05) is 32.0 Å². The van der Waals surface area contributed by atoms with Gasteiger partial charge in [-0.05, 0) is 31.5 Å². The second kappa shape index (κ2) is 7.44. The number of aryl methyl sites for hydroxylation is 2. The molecule has 8 nitrogen and oxygen atoms in total. The highest BCUT2D eigenvalue weighted by atomic mass is 32.1. The van der Waals surface area contributed by atoms with Crippen LogP contribution in [0.4, 0.5) is 0 Å². The van der Waals surface area contributed by atoms with Gasteiger partial charge >= 0.3 is 0 Å². The van der Waals surface area contributed by atoms with Gasteiger partial charge in [0.15, 0.2) is 0 Å². The predicted molar refractivity (Wildman–Crippen MR) is 111 cm³/mol. The summed E-state index contributed by atoms with van der Waals surface area (Å²) in [5.41, 5.74) is 6.14. The van der Waals surface area contributed by atoms with E-state index < -0.39 is 11.8 Å². The molecule has 0 saturated carbocycles. The first-order chi connectivity index (χ1) is 13.9. The van der Waals surface area contributed by atoms with Crippen molar-refractivity contribution in [2.45, 2.75) is 20.3 Å². The van der Waals surface area contributed by atoms with Crippen molar-refractivity contribution < 1.29 is 9.59 Å². The number of carbonyl (C=O) groups is 2. The van der Waals surface area contributed by atoms with Crippen LogP contribution in [0.2, 0.25) is 0 Å². The molecule has 3 N–H and O–H groups in total. The van der Waals surface area contributed by atoms with Crippen LogP contribution in [0.3, 0.4) is 0 Å². The van der Waals surface area contributed by atoms with Gasteiger partial charge in [-0.1, -0.05) is 24.3 Å². The third-order valence-corrected chi connectivity index (χ3v) is 5.66. The maximum Gasteiger partial charge on any atom is 0.288 e. The average Bonchev–Trinajstić information content (AvgIpc) is 2.99. The molecule has 0 saturated heterocycles. The van der Waals surface area contributed by atoms with Gasteiger partial charge in [-0.15, -0.1) is 11.3 Å². The maximum absolute atomic E-state index is 12.3. The first-order valence-electron chi connectivity index (χ1n) is 8.86. The molecule has 0 aliphatic carbocycles. The van der Waals surface area contributed by atoms with E-state index in [0.29, 0.717) is 15.7 Å². The molecule has 3 heterocycles. The van der Waals surface area contributed by atoms with Crippen molar-refractivity contribution in [3.8, 4) is 0 Å². The molecule has 0 spiro atoms. The van der Waals surface area contributed by atoms with Gasteiger partial charge in [0.2, 0.25) is 5.91 Å². The van der Waals surface area contributed by atoms with Crippen molar-refractivity contribution in [2.24, 2.45) is 0 Å². The van der Waals surface area contributed by atoms with Crippen LogP contribution in [0.25, 0.3) is 21.1 Å². The van der Waals surface area contributed by atoms with Crippen molar-refractivity contribution in [3.63, 3.8) is 0 Å². The highest BCUT2D eigenvalue weighted by Gasteiger charge is 2.14. The lowest BCUT2D eigenvalue weighted by atomic mass is 10.2. The van der Waals surface area contributed by atoms with Gasteiger partial charge in [0, 0.05) is 10.3 Å². The normalized spacial score (nSPS) is 11.0. The summed E-state index contributed by atoms with van der Waals surface area (Å²) in [5, 5.41) is 1.46. The number of benzene rings is 1. The van der Waals surface area contributed by atoms with E-state index in [1.165, 1.54) is 11.3 Å². The second-order valence-corrected chi connectivity index (χ2v) is 7.75. The lowest BCUT2D eigenvalue weighted by Crippen LogP contribution is -2.43. The highest BCUT2D eigenvalue weighted by Crippen LogP contribution is 2.25. The van der Waals surface area contributed by atoms with Crippen LogP contribution in [-0.2, 0) is 11.2 Å². The summed E-state index contributed by atoms with van der Waals surface area (Å²) in [6, 6.07) is 10.8. The van der Waals surface area contributed by atoms with Gasteiger partial charge in [0.25, 0.3) is 11.5 Å². The average molecular weight is 407 g/mol. The van der Waals surface area contributed by atoms with Crippen molar-refractivity contribution in [2.75, 3.05) is 0 Å².